The molecule has 1 aromatic carbocycles. The third-order valence-electron chi connectivity index (χ3n) is 3.24. The van der Waals surface area contributed by atoms with Crippen LogP contribution in [0.4, 0.5) is 22.0 Å². The molecule has 0 aliphatic carbocycles. The minimum atomic E-state index is -4.81. The summed E-state index contributed by atoms with van der Waals surface area (Å²) in [5.74, 6) is -1.16. The van der Waals surface area contributed by atoms with Gasteiger partial charge in [0.2, 0.25) is 5.82 Å². The lowest BCUT2D eigenvalue weighted by molar-refractivity contribution is -0.274. The Kier molecular flexibility index (Phi) is 4.02. The van der Waals surface area contributed by atoms with Gasteiger partial charge in [0.15, 0.2) is 5.65 Å². The minimum absolute atomic E-state index is 0.0489. The van der Waals surface area contributed by atoms with Gasteiger partial charge in [0, 0.05) is 11.8 Å². The van der Waals surface area contributed by atoms with E-state index in [1.807, 2.05) is 0 Å². The van der Waals surface area contributed by atoms with E-state index < -0.39 is 17.6 Å². The average molecular weight is 379 g/mol. The van der Waals surface area contributed by atoms with Gasteiger partial charge < -0.3 is 4.74 Å². The van der Waals surface area contributed by atoms with Crippen LogP contribution in [0, 0.1) is 6.92 Å². The second-order valence-electron chi connectivity index (χ2n) is 5.05. The standard InChI is InChI=1S/C14H8ClF5N4O/c1-7-4-8(2-3-10(7)25-14(18,19)20)9-6-24-11(5-21-9)22-23-12(24)13(15,16)17/h2-6H,1H3. The molecular weight excluding hydrogens is 371 g/mol. The summed E-state index contributed by atoms with van der Waals surface area (Å²) in [7, 11) is 0. The maximum Gasteiger partial charge on any atom is 0.573 e. The fourth-order valence-corrected chi connectivity index (χ4v) is 2.32. The molecule has 2 aromatic heterocycles. The number of fused-ring (bicyclic) bond motifs is 1. The number of rotatable bonds is 3. The lowest BCUT2D eigenvalue weighted by Crippen LogP contribution is -2.17. The first-order chi connectivity index (χ1) is 11.5. The molecule has 0 radical (unpaired) electrons. The van der Waals surface area contributed by atoms with Crippen LogP contribution in [0.3, 0.4) is 0 Å². The predicted molar refractivity (Wildman–Crippen MR) is 77.4 cm³/mol. The van der Waals surface area contributed by atoms with Crippen molar-refractivity contribution < 1.29 is 26.7 Å². The smallest absolute Gasteiger partial charge is 0.406 e. The van der Waals surface area contributed by atoms with Crippen LogP contribution >= 0.6 is 11.6 Å². The second kappa shape index (κ2) is 5.80. The predicted octanol–water partition coefficient (Wildman–Crippen LogP) is 4.29. The molecule has 132 valence electrons. The molecule has 0 aliphatic heterocycles. The molecular formula is C14H8ClF5N4O. The molecule has 5 nitrogen and oxygen atoms in total. The fourth-order valence-electron chi connectivity index (χ4n) is 2.19. The average Bonchev–Trinajstić information content (AvgIpc) is 2.91. The lowest BCUT2D eigenvalue weighted by Gasteiger charge is -2.12. The Morgan fingerprint density at radius 3 is 2.44 bits per heavy atom. The van der Waals surface area contributed by atoms with E-state index >= 15 is 0 Å². The van der Waals surface area contributed by atoms with Gasteiger partial charge >= 0.3 is 11.7 Å². The Morgan fingerprint density at radius 1 is 1.12 bits per heavy atom. The van der Waals surface area contributed by atoms with Gasteiger partial charge in [0.25, 0.3) is 0 Å². The van der Waals surface area contributed by atoms with Gasteiger partial charge in [-0.25, -0.2) is 0 Å². The Balaban J connectivity index is 2.03. The molecule has 0 saturated carbocycles. The first-order valence-electron chi connectivity index (χ1n) is 6.69. The monoisotopic (exact) mass is 378 g/mol. The normalized spacial score (nSPS) is 12.6. The number of aryl methyl sites for hydroxylation is 1. The summed E-state index contributed by atoms with van der Waals surface area (Å²) in [6.07, 6.45) is -2.39. The van der Waals surface area contributed by atoms with E-state index in [2.05, 4.69) is 19.9 Å². The third kappa shape index (κ3) is 3.63. The number of hydrogen-bond acceptors (Lipinski definition) is 4. The molecule has 3 rings (SSSR count). The number of hydrogen-bond donors (Lipinski definition) is 0. The van der Waals surface area contributed by atoms with E-state index in [9.17, 15) is 22.0 Å². The van der Waals surface area contributed by atoms with Crippen LogP contribution in [-0.2, 0) is 5.38 Å². The molecule has 0 atom stereocenters. The van der Waals surface area contributed by atoms with Crippen molar-refractivity contribution >= 4 is 17.2 Å². The summed E-state index contributed by atoms with van der Waals surface area (Å²) in [4.78, 5) is 4.04. The van der Waals surface area contributed by atoms with Crippen molar-refractivity contribution in [3.8, 4) is 17.0 Å². The van der Waals surface area contributed by atoms with Gasteiger partial charge in [-0.15, -0.1) is 23.4 Å². The maximum absolute atomic E-state index is 13.3. The van der Waals surface area contributed by atoms with Crippen LogP contribution in [0.25, 0.3) is 16.9 Å². The molecule has 0 unspecified atom stereocenters. The van der Waals surface area contributed by atoms with E-state index in [1.54, 1.807) is 0 Å². The second-order valence-corrected chi connectivity index (χ2v) is 5.52. The fraction of sp³-hybridized carbons (Fsp3) is 0.214. The van der Waals surface area contributed by atoms with Gasteiger partial charge in [-0.2, -0.15) is 8.78 Å². The Morgan fingerprint density at radius 2 is 1.84 bits per heavy atom. The van der Waals surface area contributed by atoms with Crippen LogP contribution in [-0.4, -0.2) is 25.9 Å². The molecule has 0 N–H and O–H groups in total. The highest BCUT2D eigenvalue weighted by Gasteiger charge is 2.34. The van der Waals surface area contributed by atoms with Crippen molar-refractivity contribution in [3.05, 3.63) is 42.0 Å². The number of halogens is 6. The van der Waals surface area contributed by atoms with Crippen molar-refractivity contribution in [3.63, 3.8) is 0 Å². The van der Waals surface area contributed by atoms with Crippen molar-refractivity contribution in [2.24, 2.45) is 0 Å². The summed E-state index contributed by atoms with van der Waals surface area (Å²) in [5.41, 5.74) is 0.860. The molecule has 25 heavy (non-hydrogen) atoms. The summed E-state index contributed by atoms with van der Waals surface area (Å²) >= 11 is 4.98. The summed E-state index contributed by atoms with van der Waals surface area (Å²) < 4.78 is 68.4. The van der Waals surface area contributed by atoms with Crippen LogP contribution in [0.15, 0.2) is 30.6 Å². The highest BCUT2D eigenvalue weighted by atomic mass is 35.5. The van der Waals surface area contributed by atoms with Crippen molar-refractivity contribution in [1.29, 1.82) is 0 Å². The third-order valence-corrected chi connectivity index (χ3v) is 3.41. The Labute approximate surface area is 142 Å². The van der Waals surface area contributed by atoms with E-state index in [-0.39, 0.29) is 22.7 Å². The summed E-state index contributed by atoms with van der Waals surface area (Å²) in [6, 6.07) is 3.83. The van der Waals surface area contributed by atoms with Gasteiger partial charge in [0.1, 0.15) is 5.75 Å². The van der Waals surface area contributed by atoms with Crippen LogP contribution in [0.1, 0.15) is 11.4 Å². The molecule has 0 aliphatic rings. The first-order valence-corrected chi connectivity index (χ1v) is 7.07. The van der Waals surface area contributed by atoms with Crippen LogP contribution in [0.2, 0.25) is 0 Å². The van der Waals surface area contributed by atoms with Crippen molar-refractivity contribution in [2.45, 2.75) is 18.7 Å². The lowest BCUT2D eigenvalue weighted by atomic mass is 10.1. The van der Waals surface area contributed by atoms with Gasteiger partial charge in [-0.3, -0.25) is 9.38 Å². The first kappa shape index (κ1) is 17.3. The molecule has 0 fully saturated rings. The summed E-state index contributed by atoms with van der Waals surface area (Å²) in [6.45, 7) is 1.42. The highest BCUT2D eigenvalue weighted by Crippen LogP contribution is 2.32. The van der Waals surface area contributed by atoms with E-state index in [0.29, 0.717) is 5.56 Å². The number of aromatic nitrogens is 4. The molecule has 11 heteroatoms. The number of nitrogens with zero attached hydrogens (tertiary/aromatic N) is 4. The van der Waals surface area contributed by atoms with Gasteiger partial charge in [-0.1, -0.05) is 0 Å². The zero-order chi connectivity index (χ0) is 18.4. The molecule has 0 saturated heterocycles. The van der Waals surface area contributed by atoms with Crippen molar-refractivity contribution in [2.75, 3.05) is 0 Å². The van der Waals surface area contributed by atoms with Gasteiger partial charge in [0.05, 0.1) is 11.9 Å². The molecule has 2 heterocycles. The minimum Gasteiger partial charge on any atom is -0.406 e. The van der Waals surface area contributed by atoms with Crippen LogP contribution in [0.5, 0.6) is 5.75 Å². The molecule has 0 bridgehead atoms. The largest absolute Gasteiger partial charge is 0.573 e. The zero-order valence-corrected chi connectivity index (χ0v) is 13.1. The SMILES string of the molecule is Cc1cc(-c2cn3c(C(F)(F)Cl)nnc3cn2)ccc1OC(F)(F)F. The van der Waals surface area contributed by atoms with Crippen molar-refractivity contribution in [1.82, 2.24) is 19.6 Å². The van der Waals surface area contributed by atoms with E-state index in [0.717, 1.165) is 10.5 Å². The zero-order valence-electron chi connectivity index (χ0n) is 12.4. The Bertz CT molecular complexity index is 935. The molecule has 0 amide bonds. The van der Waals surface area contributed by atoms with E-state index in [4.69, 9.17) is 11.6 Å². The Hall–Kier alpha value is -2.49. The van der Waals surface area contributed by atoms with Gasteiger partial charge in [-0.05, 0) is 42.3 Å². The molecule has 0 spiro atoms. The topological polar surface area (TPSA) is 52.3 Å². The number of alkyl halides is 6. The highest BCUT2D eigenvalue weighted by molar-refractivity contribution is 6.21. The maximum atomic E-state index is 13.3. The van der Waals surface area contributed by atoms with E-state index in [1.165, 1.54) is 31.5 Å². The molecule has 3 aromatic rings. The van der Waals surface area contributed by atoms with Crippen LogP contribution < -0.4 is 4.74 Å². The number of ether oxygens (including phenoxy) is 1. The number of benzene rings is 1. The summed E-state index contributed by atoms with van der Waals surface area (Å²) in [5, 5.41) is 3.11. The quantitative estimate of drug-likeness (QED) is 0.504.